The van der Waals surface area contributed by atoms with Crippen molar-refractivity contribution in [3.05, 3.63) is 41.6 Å². The minimum Gasteiger partial charge on any atom is -0.497 e. The van der Waals surface area contributed by atoms with Gasteiger partial charge in [-0.3, -0.25) is 0 Å². The van der Waals surface area contributed by atoms with Gasteiger partial charge in [-0.25, -0.2) is 0 Å². The molecule has 3 heterocycles. The number of halogens is 3. The third-order valence-electron chi connectivity index (χ3n) is 4.83. The standard InChI is InChI=1S/C19H22F3N7O/c1-30-15-4-2-13(3-5-15)11-24-17-27-18(28-8-6-23-7-9-28)26-16-14(10-19(20,21)22)12-25-29(16)17/h2-5,12,23H,6-11H2,1H3,(H,24,26,27). The summed E-state index contributed by atoms with van der Waals surface area (Å²) in [6, 6.07) is 7.49. The predicted molar refractivity (Wildman–Crippen MR) is 106 cm³/mol. The zero-order valence-electron chi connectivity index (χ0n) is 16.4. The van der Waals surface area contributed by atoms with Crippen LogP contribution in [0.15, 0.2) is 30.5 Å². The molecule has 8 nitrogen and oxygen atoms in total. The van der Waals surface area contributed by atoms with Crippen molar-refractivity contribution in [3.63, 3.8) is 0 Å². The quantitative estimate of drug-likeness (QED) is 0.632. The molecule has 0 bridgehead atoms. The van der Waals surface area contributed by atoms with E-state index in [1.165, 1.54) is 10.7 Å². The Morgan fingerprint density at radius 2 is 1.87 bits per heavy atom. The van der Waals surface area contributed by atoms with Crippen LogP contribution in [0.1, 0.15) is 11.1 Å². The van der Waals surface area contributed by atoms with Crippen LogP contribution in [0.3, 0.4) is 0 Å². The zero-order chi connectivity index (χ0) is 21.1. The molecule has 0 amide bonds. The molecule has 0 aliphatic carbocycles. The van der Waals surface area contributed by atoms with Gasteiger partial charge in [0.2, 0.25) is 11.9 Å². The van der Waals surface area contributed by atoms with Gasteiger partial charge in [0.05, 0.1) is 19.7 Å². The molecule has 0 spiro atoms. The first-order chi connectivity index (χ1) is 14.4. The number of methoxy groups -OCH3 is 1. The van der Waals surface area contributed by atoms with Crippen LogP contribution in [0, 0.1) is 0 Å². The van der Waals surface area contributed by atoms with Crippen LogP contribution < -0.4 is 20.3 Å². The highest BCUT2D eigenvalue weighted by Gasteiger charge is 2.30. The number of alkyl halides is 3. The van der Waals surface area contributed by atoms with Gasteiger partial charge in [-0.2, -0.15) is 32.8 Å². The second-order valence-corrected chi connectivity index (χ2v) is 6.98. The van der Waals surface area contributed by atoms with Crippen molar-refractivity contribution in [2.45, 2.75) is 19.1 Å². The summed E-state index contributed by atoms with van der Waals surface area (Å²) in [4.78, 5) is 10.9. The van der Waals surface area contributed by atoms with Crippen molar-refractivity contribution in [2.24, 2.45) is 0 Å². The Hall–Kier alpha value is -3.08. The van der Waals surface area contributed by atoms with E-state index in [0.717, 1.165) is 24.4 Å². The highest BCUT2D eigenvalue weighted by molar-refractivity contribution is 5.55. The summed E-state index contributed by atoms with van der Waals surface area (Å²) < 4.78 is 45.5. The van der Waals surface area contributed by atoms with Crippen molar-refractivity contribution >= 4 is 17.5 Å². The van der Waals surface area contributed by atoms with Crippen molar-refractivity contribution in [1.82, 2.24) is 24.9 Å². The third-order valence-corrected chi connectivity index (χ3v) is 4.83. The Labute approximate surface area is 171 Å². The zero-order valence-corrected chi connectivity index (χ0v) is 16.4. The molecule has 1 aliphatic rings. The Morgan fingerprint density at radius 3 is 2.53 bits per heavy atom. The molecule has 11 heteroatoms. The van der Waals surface area contributed by atoms with Gasteiger partial charge in [-0.15, -0.1) is 0 Å². The topological polar surface area (TPSA) is 79.6 Å². The first-order valence-electron chi connectivity index (χ1n) is 9.57. The Morgan fingerprint density at radius 1 is 1.13 bits per heavy atom. The monoisotopic (exact) mass is 421 g/mol. The predicted octanol–water partition coefficient (Wildman–Crippen LogP) is 2.26. The first-order valence-corrected chi connectivity index (χ1v) is 9.57. The van der Waals surface area contributed by atoms with Gasteiger partial charge in [-0.05, 0) is 17.7 Å². The van der Waals surface area contributed by atoms with Crippen molar-refractivity contribution in [1.29, 1.82) is 0 Å². The highest BCUT2D eigenvalue weighted by Crippen LogP contribution is 2.25. The number of piperazine rings is 1. The second kappa shape index (κ2) is 8.34. The number of nitrogens with zero attached hydrogens (tertiary/aromatic N) is 5. The van der Waals surface area contributed by atoms with E-state index < -0.39 is 12.6 Å². The number of hydrogen-bond donors (Lipinski definition) is 2. The molecule has 1 aliphatic heterocycles. The molecule has 0 atom stereocenters. The number of hydrogen-bond acceptors (Lipinski definition) is 7. The van der Waals surface area contributed by atoms with E-state index in [0.29, 0.717) is 31.5 Å². The molecular weight excluding hydrogens is 399 g/mol. The van der Waals surface area contributed by atoms with E-state index >= 15 is 0 Å². The average Bonchev–Trinajstić information content (AvgIpc) is 3.14. The summed E-state index contributed by atoms with van der Waals surface area (Å²) in [5, 5.41) is 10.5. The van der Waals surface area contributed by atoms with E-state index in [4.69, 9.17) is 4.74 Å². The van der Waals surface area contributed by atoms with E-state index in [9.17, 15) is 13.2 Å². The third kappa shape index (κ3) is 4.56. The lowest BCUT2D eigenvalue weighted by Crippen LogP contribution is -2.44. The number of anilines is 2. The van der Waals surface area contributed by atoms with Gasteiger partial charge in [-0.1, -0.05) is 12.1 Å². The molecule has 0 radical (unpaired) electrons. The van der Waals surface area contributed by atoms with Gasteiger partial charge in [0.1, 0.15) is 5.75 Å². The smallest absolute Gasteiger partial charge is 0.393 e. The average molecular weight is 421 g/mol. The molecule has 160 valence electrons. The fraction of sp³-hybridized carbons (Fsp3) is 0.421. The van der Waals surface area contributed by atoms with E-state index in [1.807, 2.05) is 29.2 Å². The van der Waals surface area contributed by atoms with E-state index in [1.54, 1.807) is 7.11 Å². The molecule has 30 heavy (non-hydrogen) atoms. The number of nitrogens with one attached hydrogen (secondary N) is 2. The van der Waals surface area contributed by atoms with Crippen molar-refractivity contribution < 1.29 is 17.9 Å². The number of rotatable bonds is 6. The molecular formula is C19H22F3N7O. The number of aromatic nitrogens is 4. The summed E-state index contributed by atoms with van der Waals surface area (Å²) >= 11 is 0. The fourth-order valence-electron chi connectivity index (χ4n) is 3.30. The lowest BCUT2D eigenvalue weighted by molar-refractivity contribution is -0.127. The minimum atomic E-state index is -4.35. The molecule has 3 aromatic rings. The second-order valence-electron chi connectivity index (χ2n) is 6.98. The van der Waals surface area contributed by atoms with Crippen molar-refractivity contribution in [2.75, 3.05) is 43.5 Å². The van der Waals surface area contributed by atoms with Crippen LogP contribution in [0.4, 0.5) is 25.1 Å². The maximum atomic E-state index is 13.0. The summed E-state index contributed by atoms with van der Waals surface area (Å²) in [6.45, 7) is 3.30. The number of fused-ring (bicyclic) bond motifs is 1. The van der Waals surface area contributed by atoms with Crippen LogP contribution in [0.2, 0.25) is 0 Å². The minimum absolute atomic E-state index is 0.0220. The van der Waals surface area contributed by atoms with Gasteiger partial charge in [0, 0.05) is 38.3 Å². The van der Waals surface area contributed by atoms with E-state index in [2.05, 4.69) is 25.7 Å². The lowest BCUT2D eigenvalue weighted by Gasteiger charge is -2.27. The van der Waals surface area contributed by atoms with Crippen LogP contribution in [0.5, 0.6) is 5.75 Å². The molecule has 4 rings (SSSR count). The fourth-order valence-corrected chi connectivity index (χ4v) is 3.30. The SMILES string of the molecule is COc1ccc(CNc2nc(N3CCNCC3)nc3c(CC(F)(F)F)cnn23)cc1. The Balaban J connectivity index is 1.66. The lowest BCUT2D eigenvalue weighted by atomic mass is 10.2. The summed E-state index contributed by atoms with van der Waals surface area (Å²) in [6.07, 6.45) is -4.23. The van der Waals surface area contributed by atoms with Crippen LogP contribution in [0.25, 0.3) is 5.65 Å². The number of benzene rings is 1. The maximum absolute atomic E-state index is 13.0. The number of ether oxygens (including phenoxy) is 1. The molecule has 2 aromatic heterocycles. The molecule has 1 fully saturated rings. The summed E-state index contributed by atoms with van der Waals surface area (Å²) in [7, 11) is 1.60. The molecule has 0 saturated carbocycles. The van der Waals surface area contributed by atoms with Gasteiger partial charge >= 0.3 is 6.18 Å². The first kappa shape index (κ1) is 20.2. The van der Waals surface area contributed by atoms with Crippen molar-refractivity contribution in [3.8, 4) is 5.75 Å². The normalized spacial score (nSPS) is 14.9. The molecule has 2 N–H and O–H groups in total. The maximum Gasteiger partial charge on any atom is 0.393 e. The molecule has 1 aromatic carbocycles. The van der Waals surface area contributed by atoms with E-state index in [-0.39, 0.29) is 11.2 Å². The summed E-state index contributed by atoms with van der Waals surface area (Å²) in [5.74, 6) is 1.48. The van der Waals surface area contributed by atoms with Crippen LogP contribution >= 0.6 is 0 Å². The van der Waals surface area contributed by atoms with Crippen LogP contribution in [-0.4, -0.2) is 59.0 Å². The Bertz CT molecular complexity index is 998. The molecule has 1 saturated heterocycles. The van der Waals surface area contributed by atoms with Gasteiger partial charge in [0.15, 0.2) is 5.65 Å². The molecule has 0 unspecified atom stereocenters. The highest BCUT2D eigenvalue weighted by atomic mass is 19.4. The van der Waals surface area contributed by atoms with Gasteiger partial charge < -0.3 is 20.3 Å². The van der Waals surface area contributed by atoms with Gasteiger partial charge in [0.25, 0.3) is 0 Å². The summed E-state index contributed by atoms with van der Waals surface area (Å²) in [5.41, 5.74) is 1.15. The largest absolute Gasteiger partial charge is 0.497 e. The Kier molecular flexibility index (Phi) is 5.62. The van der Waals surface area contributed by atoms with Crippen LogP contribution in [-0.2, 0) is 13.0 Å².